The molecular formula is C23H20ClN4NaO3S2. The summed E-state index contributed by atoms with van der Waals surface area (Å²) < 4.78 is 6.07. The normalized spacial score (nSPS) is 11.4. The number of hydrogen-bond donors (Lipinski definition) is 2. The number of aromatic nitrogens is 3. The number of aromatic carboxylic acids is 1. The van der Waals surface area contributed by atoms with Gasteiger partial charge in [-0.15, -0.1) is 23.1 Å². The van der Waals surface area contributed by atoms with Gasteiger partial charge in [0.05, 0.1) is 22.0 Å². The molecule has 1 atom stereocenters. The molecule has 3 heterocycles. The number of hydrogen-bond acceptors (Lipinski definition) is 8. The zero-order chi connectivity index (χ0) is 23.4. The van der Waals surface area contributed by atoms with Gasteiger partial charge in [-0.05, 0) is 50.2 Å². The van der Waals surface area contributed by atoms with Crippen LogP contribution in [0.25, 0.3) is 0 Å². The van der Waals surface area contributed by atoms with E-state index in [9.17, 15) is 9.90 Å². The molecule has 3 aromatic heterocycles. The number of nitrogens with one attached hydrogen (secondary N) is 1. The summed E-state index contributed by atoms with van der Waals surface area (Å²) >= 11 is 9.31. The third-order valence-corrected chi connectivity index (χ3v) is 6.77. The summed E-state index contributed by atoms with van der Waals surface area (Å²) in [5, 5.41) is 15.5. The van der Waals surface area contributed by atoms with Crippen molar-refractivity contribution in [2.45, 2.75) is 24.0 Å². The summed E-state index contributed by atoms with van der Waals surface area (Å²) in [5.41, 5.74) is 1.91. The number of halogens is 1. The van der Waals surface area contributed by atoms with E-state index < -0.39 is 5.97 Å². The average Bonchev–Trinajstić information content (AvgIpc) is 3.22. The number of pyridine rings is 2. The fraction of sp³-hybridized carbons (Fsp3) is 0.130. The Morgan fingerprint density at radius 1 is 1.21 bits per heavy atom. The van der Waals surface area contributed by atoms with Gasteiger partial charge in [-0.3, -0.25) is 4.98 Å². The summed E-state index contributed by atoms with van der Waals surface area (Å²) in [7, 11) is 0. The summed E-state index contributed by atoms with van der Waals surface area (Å²) in [5.74, 6) is -0.0158. The molecule has 0 saturated carbocycles. The van der Waals surface area contributed by atoms with Crippen molar-refractivity contribution in [1.29, 1.82) is 0 Å². The van der Waals surface area contributed by atoms with Crippen LogP contribution < -0.4 is 10.1 Å². The second kappa shape index (κ2) is 12.0. The van der Waals surface area contributed by atoms with E-state index in [0.29, 0.717) is 16.7 Å². The molecule has 170 valence electrons. The Morgan fingerprint density at radius 3 is 2.71 bits per heavy atom. The number of nitrogens with zero attached hydrogens (tertiary/aromatic N) is 3. The number of anilines is 2. The Bertz CT molecular complexity index is 1290. The fourth-order valence-corrected chi connectivity index (χ4v) is 4.69. The Hall–Kier alpha value is -2.14. The molecule has 2 N–H and O–H groups in total. The van der Waals surface area contributed by atoms with Gasteiger partial charge in [0.1, 0.15) is 5.75 Å². The van der Waals surface area contributed by atoms with Crippen molar-refractivity contribution in [3.05, 3.63) is 82.2 Å². The number of rotatable bonds is 8. The van der Waals surface area contributed by atoms with E-state index in [1.807, 2.05) is 36.6 Å². The molecular weight excluding hydrogens is 503 g/mol. The van der Waals surface area contributed by atoms with Crippen LogP contribution in [0.2, 0.25) is 5.02 Å². The van der Waals surface area contributed by atoms with Gasteiger partial charge >= 0.3 is 35.5 Å². The maximum atomic E-state index is 11.4. The maximum absolute atomic E-state index is 11.4. The average molecular weight is 523 g/mol. The van der Waals surface area contributed by atoms with Gasteiger partial charge in [0.15, 0.2) is 16.7 Å². The van der Waals surface area contributed by atoms with E-state index in [2.05, 4.69) is 27.2 Å². The fourth-order valence-electron chi connectivity index (χ4n) is 2.89. The van der Waals surface area contributed by atoms with Crippen LogP contribution in [0.3, 0.4) is 0 Å². The first-order valence-electron chi connectivity index (χ1n) is 9.86. The Morgan fingerprint density at radius 2 is 2.03 bits per heavy atom. The summed E-state index contributed by atoms with van der Waals surface area (Å²) in [6, 6.07) is 11.9. The van der Waals surface area contributed by atoms with Crippen LogP contribution in [0.5, 0.6) is 11.5 Å². The molecule has 1 aromatic carbocycles. The number of ether oxygens (including phenoxy) is 1. The molecule has 4 rings (SSSR count). The number of benzene rings is 1. The molecule has 0 bridgehead atoms. The van der Waals surface area contributed by atoms with Crippen LogP contribution >= 0.6 is 34.7 Å². The summed E-state index contributed by atoms with van der Waals surface area (Å²) in [4.78, 5) is 25.6. The molecule has 34 heavy (non-hydrogen) atoms. The number of aryl methyl sites for hydroxylation is 1. The van der Waals surface area contributed by atoms with Crippen LogP contribution in [0.15, 0.2) is 65.1 Å². The van der Waals surface area contributed by atoms with Crippen molar-refractivity contribution in [3.8, 4) is 11.5 Å². The van der Waals surface area contributed by atoms with Gasteiger partial charge in [0, 0.05) is 27.9 Å². The molecule has 1 unspecified atom stereocenters. The van der Waals surface area contributed by atoms with Crippen molar-refractivity contribution in [2.75, 3.05) is 5.32 Å². The van der Waals surface area contributed by atoms with Crippen molar-refractivity contribution in [3.63, 3.8) is 0 Å². The van der Waals surface area contributed by atoms with Crippen molar-refractivity contribution >= 4 is 81.2 Å². The molecule has 7 nitrogen and oxygen atoms in total. The van der Waals surface area contributed by atoms with Gasteiger partial charge in [-0.25, -0.2) is 14.8 Å². The van der Waals surface area contributed by atoms with E-state index in [0.717, 1.165) is 16.3 Å². The molecule has 0 aliphatic carbocycles. The van der Waals surface area contributed by atoms with Gasteiger partial charge in [-0.1, -0.05) is 17.7 Å². The number of thiazole rings is 1. The van der Waals surface area contributed by atoms with Gasteiger partial charge in [0.25, 0.3) is 0 Å². The predicted octanol–water partition coefficient (Wildman–Crippen LogP) is 6.33. The van der Waals surface area contributed by atoms with Crippen molar-refractivity contribution in [1.82, 2.24) is 15.0 Å². The minimum atomic E-state index is -1.07. The molecule has 0 fully saturated rings. The van der Waals surface area contributed by atoms with Crippen LogP contribution in [-0.4, -0.2) is 55.6 Å². The summed E-state index contributed by atoms with van der Waals surface area (Å²) in [6.07, 6.45) is 3.51. The first-order chi connectivity index (χ1) is 15.9. The number of carboxylic acid groups (broad SMARTS) is 1. The number of carboxylic acids is 1. The van der Waals surface area contributed by atoms with Crippen molar-refractivity contribution in [2.24, 2.45) is 0 Å². The molecule has 0 saturated heterocycles. The summed E-state index contributed by atoms with van der Waals surface area (Å²) in [6.45, 7) is 3.97. The zero-order valence-corrected chi connectivity index (χ0v) is 20.0. The molecule has 11 heteroatoms. The van der Waals surface area contributed by atoms with Crippen LogP contribution in [-0.2, 0) is 0 Å². The zero-order valence-electron chi connectivity index (χ0n) is 17.7. The van der Waals surface area contributed by atoms with Crippen LogP contribution in [0.4, 0.5) is 10.9 Å². The molecule has 0 aliphatic rings. The van der Waals surface area contributed by atoms with E-state index >= 15 is 0 Å². The quantitative estimate of drug-likeness (QED) is 0.204. The molecule has 0 spiro atoms. The number of thioether (sulfide) groups is 1. The van der Waals surface area contributed by atoms with Crippen LogP contribution in [0.1, 0.15) is 33.9 Å². The van der Waals surface area contributed by atoms with Gasteiger partial charge in [0.2, 0.25) is 0 Å². The molecule has 0 amide bonds. The first-order valence-corrected chi connectivity index (χ1v) is 12.0. The molecule has 0 aliphatic heterocycles. The predicted molar refractivity (Wildman–Crippen MR) is 139 cm³/mol. The monoisotopic (exact) mass is 522 g/mol. The van der Waals surface area contributed by atoms with E-state index in [1.165, 1.54) is 29.5 Å². The second-order valence-electron chi connectivity index (χ2n) is 7.00. The second-order valence-corrected chi connectivity index (χ2v) is 9.68. The Balaban J connectivity index is 0.00000324. The molecule has 4 aromatic rings. The number of carbonyl (C=O) groups is 1. The standard InChI is InChI=1S/C23H19ClN4O3S2.Na.H/c1-13-12-32-23(27-13)28-21-20(31-19-9-15(22(29)30)6-7-17(19)24)10-16(11-26-21)33-14(2)18-5-3-4-8-25-18;;/h3-12,14H,1-2H3,(H,29,30)(H,26,27,28);;. The van der Waals surface area contributed by atoms with Gasteiger partial charge in [-0.2, -0.15) is 0 Å². The van der Waals surface area contributed by atoms with Crippen molar-refractivity contribution < 1.29 is 14.6 Å². The minimum absolute atomic E-state index is 0. The third-order valence-electron chi connectivity index (χ3n) is 4.49. The van der Waals surface area contributed by atoms with Crippen LogP contribution in [0, 0.1) is 6.92 Å². The van der Waals surface area contributed by atoms with E-state index in [-0.39, 0.29) is 51.1 Å². The van der Waals surface area contributed by atoms with E-state index in [4.69, 9.17) is 16.3 Å². The molecule has 0 radical (unpaired) electrons. The Kier molecular flexibility index (Phi) is 9.35. The first kappa shape index (κ1) is 26.5. The SMILES string of the molecule is Cc1csc(Nc2ncc(SC(C)c3ccccn3)cc2Oc2cc(C(=O)O)ccc2Cl)n1.[NaH]. The topological polar surface area (TPSA) is 97.2 Å². The van der Waals surface area contributed by atoms with E-state index in [1.54, 1.807) is 24.2 Å². The Labute approximate surface area is 232 Å². The van der Waals surface area contributed by atoms with Gasteiger partial charge < -0.3 is 15.2 Å². The third kappa shape index (κ3) is 6.71.